The maximum absolute atomic E-state index is 12.3. The highest BCUT2D eigenvalue weighted by Gasteiger charge is 2.13. The molecule has 0 bridgehead atoms. The molecule has 0 fully saturated rings. The van der Waals surface area contributed by atoms with E-state index in [1.807, 2.05) is 36.1 Å². The third kappa shape index (κ3) is 6.01. The molecule has 3 N–H and O–H groups in total. The van der Waals surface area contributed by atoms with Crippen molar-refractivity contribution in [3.05, 3.63) is 59.7 Å². The van der Waals surface area contributed by atoms with Crippen LogP contribution in [0.4, 0.5) is 5.69 Å². The number of rotatable bonds is 7. The van der Waals surface area contributed by atoms with Gasteiger partial charge in [-0.1, -0.05) is 41.8 Å². The summed E-state index contributed by atoms with van der Waals surface area (Å²) in [5.74, 6) is 2.26. The maximum Gasteiger partial charge on any atom is 0.238 e. The molecule has 2 aromatic rings. The SMILES string of the molecule is C#CCN(CC(=O)Nc1cccc(S(N)(=O)=O)c1)Cc1ccc(C)cc1. The second kappa shape index (κ2) is 8.63. The van der Waals surface area contributed by atoms with Gasteiger partial charge in [-0.05, 0) is 30.7 Å². The number of nitrogens with zero attached hydrogens (tertiary/aromatic N) is 1. The quantitative estimate of drug-likeness (QED) is 0.725. The molecule has 0 aromatic heterocycles. The van der Waals surface area contributed by atoms with Crippen molar-refractivity contribution >= 4 is 21.6 Å². The van der Waals surface area contributed by atoms with Crippen LogP contribution in [0.25, 0.3) is 0 Å². The second-order valence-electron chi connectivity index (χ2n) is 5.96. The van der Waals surface area contributed by atoms with Gasteiger partial charge in [0, 0.05) is 12.2 Å². The van der Waals surface area contributed by atoms with Gasteiger partial charge in [0.15, 0.2) is 0 Å². The van der Waals surface area contributed by atoms with Gasteiger partial charge in [0.25, 0.3) is 0 Å². The van der Waals surface area contributed by atoms with Crippen molar-refractivity contribution in [2.75, 3.05) is 18.4 Å². The van der Waals surface area contributed by atoms with Crippen LogP contribution in [-0.2, 0) is 21.4 Å². The van der Waals surface area contributed by atoms with E-state index in [1.165, 1.54) is 18.2 Å². The van der Waals surface area contributed by atoms with Gasteiger partial charge in [-0.3, -0.25) is 9.69 Å². The van der Waals surface area contributed by atoms with Crippen molar-refractivity contribution in [3.63, 3.8) is 0 Å². The standard InChI is InChI=1S/C19H21N3O3S/c1-3-11-22(13-16-9-7-15(2)8-10-16)14-19(23)21-17-5-4-6-18(12-17)26(20,24)25/h1,4-10,12H,11,13-14H2,2H3,(H,21,23)(H2,20,24,25). The summed E-state index contributed by atoms with van der Waals surface area (Å²) in [5, 5.41) is 7.77. The number of carbonyl (C=O) groups is 1. The Morgan fingerprint density at radius 2 is 1.92 bits per heavy atom. The van der Waals surface area contributed by atoms with Crippen LogP contribution >= 0.6 is 0 Å². The number of aryl methyl sites for hydroxylation is 1. The monoisotopic (exact) mass is 371 g/mol. The normalized spacial score (nSPS) is 11.2. The summed E-state index contributed by atoms with van der Waals surface area (Å²) in [7, 11) is -3.83. The molecule has 7 heteroatoms. The summed E-state index contributed by atoms with van der Waals surface area (Å²) in [6, 6.07) is 13.8. The smallest absolute Gasteiger partial charge is 0.238 e. The Balaban J connectivity index is 2.03. The number of nitrogens with one attached hydrogen (secondary N) is 1. The van der Waals surface area contributed by atoms with Crippen molar-refractivity contribution in [1.82, 2.24) is 4.90 Å². The molecule has 0 radical (unpaired) electrons. The van der Waals surface area contributed by atoms with Crippen molar-refractivity contribution in [2.45, 2.75) is 18.4 Å². The molecule has 0 saturated carbocycles. The minimum Gasteiger partial charge on any atom is -0.325 e. The summed E-state index contributed by atoms with van der Waals surface area (Å²) in [5.41, 5.74) is 2.57. The zero-order valence-electron chi connectivity index (χ0n) is 14.5. The van der Waals surface area contributed by atoms with E-state index in [-0.39, 0.29) is 17.3 Å². The van der Waals surface area contributed by atoms with Gasteiger partial charge >= 0.3 is 0 Å². The van der Waals surface area contributed by atoms with Crippen LogP contribution in [0.5, 0.6) is 0 Å². The molecule has 2 rings (SSSR count). The van der Waals surface area contributed by atoms with Crippen LogP contribution < -0.4 is 10.5 Å². The fraction of sp³-hybridized carbons (Fsp3) is 0.211. The number of carbonyl (C=O) groups excluding carboxylic acids is 1. The Morgan fingerprint density at radius 3 is 2.54 bits per heavy atom. The number of terminal acetylenes is 1. The van der Waals surface area contributed by atoms with Crippen molar-refractivity contribution in [3.8, 4) is 12.3 Å². The third-order valence-electron chi connectivity index (χ3n) is 3.66. The van der Waals surface area contributed by atoms with E-state index in [9.17, 15) is 13.2 Å². The fourth-order valence-corrected chi connectivity index (χ4v) is 2.96. The lowest BCUT2D eigenvalue weighted by Gasteiger charge is -2.19. The van der Waals surface area contributed by atoms with E-state index >= 15 is 0 Å². The largest absolute Gasteiger partial charge is 0.325 e. The Kier molecular flexibility index (Phi) is 6.52. The summed E-state index contributed by atoms with van der Waals surface area (Å²) in [6.07, 6.45) is 5.40. The molecule has 2 aromatic carbocycles. The first-order valence-corrected chi connectivity index (χ1v) is 9.46. The summed E-state index contributed by atoms with van der Waals surface area (Å²) >= 11 is 0. The lowest BCUT2D eigenvalue weighted by Crippen LogP contribution is -2.33. The number of amides is 1. The molecule has 0 aliphatic rings. The molecule has 0 unspecified atom stereocenters. The predicted octanol–water partition coefficient (Wildman–Crippen LogP) is 1.72. The number of primary sulfonamides is 1. The van der Waals surface area contributed by atoms with Crippen LogP contribution in [0.15, 0.2) is 53.4 Å². The number of benzene rings is 2. The molecule has 1 amide bonds. The molecule has 0 aliphatic heterocycles. The van der Waals surface area contributed by atoms with E-state index < -0.39 is 10.0 Å². The molecule has 6 nitrogen and oxygen atoms in total. The number of hydrogen-bond acceptors (Lipinski definition) is 4. The number of hydrogen-bond donors (Lipinski definition) is 2. The minimum atomic E-state index is -3.83. The first-order chi connectivity index (χ1) is 12.3. The lowest BCUT2D eigenvalue weighted by atomic mass is 10.1. The highest BCUT2D eigenvalue weighted by molar-refractivity contribution is 7.89. The van der Waals surface area contributed by atoms with Gasteiger partial charge in [0.2, 0.25) is 15.9 Å². The van der Waals surface area contributed by atoms with Gasteiger partial charge < -0.3 is 5.32 Å². The van der Waals surface area contributed by atoms with E-state index in [0.717, 1.165) is 11.1 Å². The summed E-state index contributed by atoms with van der Waals surface area (Å²) < 4.78 is 22.8. The van der Waals surface area contributed by atoms with Crippen molar-refractivity contribution < 1.29 is 13.2 Å². The third-order valence-corrected chi connectivity index (χ3v) is 4.57. The van der Waals surface area contributed by atoms with Gasteiger partial charge in [-0.15, -0.1) is 6.42 Å². The van der Waals surface area contributed by atoms with Crippen LogP contribution in [-0.4, -0.2) is 32.3 Å². The van der Waals surface area contributed by atoms with Gasteiger partial charge in [0.1, 0.15) is 0 Å². The Morgan fingerprint density at radius 1 is 1.23 bits per heavy atom. The number of sulfonamides is 1. The first-order valence-electron chi connectivity index (χ1n) is 7.92. The van der Waals surface area contributed by atoms with Crippen LogP contribution in [0.2, 0.25) is 0 Å². The van der Waals surface area contributed by atoms with Gasteiger partial charge in [0.05, 0.1) is 18.0 Å². The predicted molar refractivity (Wildman–Crippen MR) is 102 cm³/mol. The van der Waals surface area contributed by atoms with Crippen LogP contribution in [0, 0.1) is 19.3 Å². The second-order valence-corrected chi connectivity index (χ2v) is 7.52. The fourth-order valence-electron chi connectivity index (χ4n) is 2.40. The van der Waals surface area contributed by atoms with E-state index in [4.69, 9.17) is 11.6 Å². The Hall–Kier alpha value is -2.66. The summed E-state index contributed by atoms with van der Waals surface area (Å²) in [6.45, 7) is 2.94. The molecule has 0 atom stereocenters. The first kappa shape index (κ1) is 19.7. The zero-order valence-corrected chi connectivity index (χ0v) is 15.3. The average molecular weight is 371 g/mol. The van der Waals surface area contributed by atoms with Crippen LogP contribution in [0.1, 0.15) is 11.1 Å². The summed E-state index contributed by atoms with van der Waals surface area (Å²) in [4.78, 5) is 14.1. The van der Waals surface area contributed by atoms with Crippen LogP contribution in [0.3, 0.4) is 0 Å². The zero-order chi connectivity index (χ0) is 19.2. The van der Waals surface area contributed by atoms with E-state index in [1.54, 1.807) is 6.07 Å². The molecule has 0 spiro atoms. The topological polar surface area (TPSA) is 92.5 Å². The highest BCUT2D eigenvalue weighted by Crippen LogP contribution is 2.14. The van der Waals surface area contributed by atoms with Gasteiger partial charge in [-0.25, -0.2) is 13.6 Å². The lowest BCUT2D eigenvalue weighted by molar-refractivity contribution is -0.117. The molecule has 136 valence electrons. The molecule has 0 heterocycles. The molecule has 0 saturated heterocycles. The van der Waals surface area contributed by atoms with Crippen molar-refractivity contribution in [1.29, 1.82) is 0 Å². The molecule has 0 aliphatic carbocycles. The Labute approximate surface area is 154 Å². The number of anilines is 1. The molecular formula is C19H21N3O3S. The average Bonchev–Trinajstić information content (AvgIpc) is 2.56. The van der Waals surface area contributed by atoms with Gasteiger partial charge in [-0.2, -0.15) is 0 Å². The van der Waals surface area contributed by atoms with Crippen molar-refractivity contribution in [2.24, 2.45) is 5.14 Å². The highest BCUT2D eigenvalue weighted by atomic mass is 32.2. The maximum atomic E-state index is 12.3. The Bertz CT molecular complexity index is 916. The van der Waals surface area contributed by atoms with E-state index in [0.29, 0.717) is 18.8 Å². The molecular weight excluding hydrogens is 350 g/mol. The molecule has 26 heavy (non-hydrogen) atoms. The number of nitrogens with two attached hydrogens (primary N) is 1. The van der Waals surface area contributed by atoms with E-state index in [2.05, 4.69) is 11.2 Å². The minimum absolute atomic E-state index is 0.0598.